The molecule has 32 heavy (non-hydrogen) atoms. The van der Waals surface area contributed by atoms with Crippen molar-refractivity contribution < 1.29 is 9.18 Å². The lowest BCUT2D eigenvalue weighted by atomic mass is 9.98. The van der Waals surface area contributed by atoms with Crippen LogP contribution in [-0.2, 0) is 4.79 Å². The Morgan fingerprint density at radius 3 is 2.72 bits per heavy atom. The van der Waals surface area contributed by atoms with Gasteiger partial charge in [-0.1, -0.05) is 19.1 Å². The Balaban J connectivity index is 1.78. The summed E-state index contributed by atoms with van der Waals surface area (Å²) >= 11 is 0. The maximum Gasteiger partial charge on any atom is 0.252 e. The number of aromatic nitrogens is 2. The second-order valence-electron chi connectivity index (χ2n) is 7.61. The van der Waals surface area contributed by atoms with Gasteiger partial charge < -0.3 is 10.6 Å². The third-order valence-corrected chi connectivity index (χ3v) is 5.09. The third-order valence-electron chi connectivity index (χ3n) is 5.09. The van der Waals surface area contributed by atoms with E-state index in [0.29, 0.717) is 35.5 Å². The molecule has 1 aromatic heterocycles. The molecule has 0 unspecified atom stereocenters. The summed E-state index contributed by atoms with van der Waals surface area (Å²) < 4.78 is 13.6. The molecule has 2 aliphatic rings. The highest BCUT2D eigenvalue weighted by Gasteiger charge is 2.24. The molecule has 0 bridgehead atoms. The van der Waals surface area contributed by atoms with Crippen molar-refractivity contribution in [3.05, 3.63) is 83.2 Å². The van der Waals surface area contributed by atoms with Crippen molar-refractivity contribution in [2.24, 2.45) is 5.10 Å². The van der Waals surface area contributed by atoms with Crippen LogP contribution in [0.3, 0.4) is 0 Å². The summed E-state index contributed by atoms with van der Waals surface area (Å²) in [6, 6.07) is 8.38. The number of benzene rings is 1. The van der Waals surface area contributed by atoms with Crippen LogP contribution in [0.5, 0.6) is 0 Å². The zero-order chi connectivity index (χ0) is 22.5. The number of rotatable bonds is 8. The number of hydrogen-bond donors (Lipinski definition) is 2. The fourth-order valence-corrected chi connectivity index (χ4v) is 3.30. The second-order valence-corrected chi connectivity index (χ2v) is 7.61. The molecule has 2 N–H and O–H groups in total. The Kier molecular flexibility index (Phi) is 6.39. The van der Waals surface area contributed by atoms with Gasteiger partial charge in [0.05, 0.1) is 17.0 Å². The summed E-state index contributed by atoms with van der Waals surface area (Å²) in [7, 11) is 0. The van der Waals surface area contributed by atoms with Gasteiger partial charge in [-0.05, 0) is 55.2 Å². The first kappa shape index (κ1) is 21.4. The van der Waals surface area contributed by atoms with Gasteiger partial charge in [-0.25, -0.2) is 19.4 Å². The van der Waals surface area contributed by atoms with Crippen molar-refractivity contribution in [3.63, 3.8) is 0 Å². The zero-order valence-corrected chi connectivity index (χ0v) is 17.9. The SMILES string of the molecule is C=NN1C=C(C(=O)NCCC)C=C/C1=C(/c1ccc(F)cc1)c1ccnc(NC2CC2)n1. The van der Waals surface area contributed by atoms with E-state index in [1.54, 1.807) is 42.7 Å². The van der Waals surface area contributed by atoms with Crippen LogP contribution in [0.25, 0.3) is 5.57 Å². The molecule has 1 aliphatic carbocycles. The van der Waals surface area contributed by atoms with Crippen molar-refractivity contribution in [1.82, 2.24) is 20.3 Å². The Labute approximate surface area is 186 Å². The first-order valence-corrected chi connectivity index (χ1v) is 10.6. The Hall–Kier alpha value is -3.81. The Morgan fingerprint density at radius 2 is 2.03 bits per heavy atom. The minimum Gasteiger partial charge on any atom is -0.352 e. The van der Waals surface area contributed by atoms with E-state index in [4.69, 9.17) is 4.98 Å². The molecule has 4 rings (SSSR count). The molecule has 2 heterocycles. The quantitative estimate of drug-likeness (QED) is 0.620. The molecule has 1 amide bonds. The van der Waals surface area contributed by atoms with Gasteiger partial charge in [-0.3, -0.25) is 4.79 Å². The third kappa shape index (κ3) is 4.91. The normalized spacial score (nSPS) is 16.9. The van der Waals surface area contributed by atoms with Gasteiger partial charge in [0, 0.05) is 37.3 Å². The van der Waals surface area contributed by atoms with E-state index < -0.39 is 0 Å². The number of amides is 1. The standard InChI is InChI=1S/C24H25FN6O/c1-3-13-27-23(32)17-6-11-21(31(15-17)26-2)22(16-4-7-18(25)8-5-16)20-12-14-28-24(30-20)29-19-9-10-19/h4-8,11-12,14-15,19H,2-3,9-10,13H2,1H3,(H,27,32)(H,28,29,30)/b22-21+. The van der Waals surface area contributed by atoms with Gasteiger partial charge in [0.25, 0.3) is 5.91 Å². The van der Waals surface area contributed by atoms with E-state index >= 15 is 0 Å². The van der Waals surface area contributed by atoms with Crippen LogP contribution in [0.15, 0.2) is 71.3 Å². The largest absolute Gasteiger partial charge is 0.352 e. The van der Waals surface area contributed by atoms with Gasteiger partial charge in [0.2, 0.25) is 5.95 Å². The van der Waals surface area contributed by atoms with Gasteiger partial charge in [0.15, 0.2) is 0 Å². The van der Waals surface area contributed by atoms with Crippen LogP contribution in [0.4, 0.5) is 10.3 Å². The van der Waals surface area contributed by atoms with Crippen LogP contribution in [0.1, 0.15) is 37.4 Å². The van der Waals surface area contributed by atoms with E-state index in [0.717, 1.165) is 30.4 Å². The number of carbonyl (C=O) groups excluding carboxylic acids is 1. The Morgan fingerprint density at radius 1 is 1.25 bits per heavy atom. The molecule has 2 aromatic rings. The van der Waals surface area contributed by atoms with E-state index in [9.17, 15) is 9.18 Å². The average Bonchev–Trinajstić information content (AvgIpc) is 3.63. The molecule has 8 heteroatoms. The van der Waals surface area contributed by atoms with Gasteiger partial charge in [-0.2, -0.15) is 5.10 Å². The maximum atomic E-state index is 13.6. The van der Waals surface area contributed by atoms with Gasteiger partial charge >= 0.3 is 0 Å². The molecule has 0 saturated heterocycles. The summed E-state index contributed by atoms with van der Waals surface area (Å²) in [6.07, 6.45) is 9.89. The lowest BCUT2D eigenvalue weighted by Gasteiger charge is -2.24. The van der Waals surface area contributed by atoms with Gasteiger partial charge in [0.1, 0.15) is 5.82 Å². The summed E-state index contributed by atoms with van der Waals surface area (Å²) in [6.45, 7) is 6.25. The monoisotopic (exact) mass is 432 g/mol. The number of allylic oxidation sites excluding steroid dienone is 1. The predicted molar refractivity (Wildman–Crippen MR) is 123 cm³/mol. The molecule has 1 saturated carbocycles. The van der Waals surface area contributed by atoms with Crippen molar-refractivity contribution >= 4 is 24.1 Å². The first-order chi connectivity index (χ1) is 15.6. The highest BCUT2D eigenvalue weighted by atomic mass is 19.1. The minimum atomic E-state index is -0.329. The smallest absolute Gasteiger partial charge is 0.252 e. The molecule has 164 valence electrons. The van der Waals surface area contributed by atoms with E-state index in [2.05, 4.69) is 27.4 Å². The van der Waals surface area contributed by atoms with Crippen molar-refractivity contribution in [2.75, 3.05) is 11.9 Å². The fraction of sp³-hybridized carbons (Fsp3) is 0.250. The van der Waals surface area contributed by atoms with Crippen molar-refractivity contribution in [3.8, 4) is 0 Å². The fourth-order valence-electron chi connectivity index (χ4n) is 3.30. The number of nitrogens with zero attached hydrogens (tertiary/aromatic N) is 4. The highest BCUT2D eigenvalue weighted by Crippen LogP contribution is 2.32. The molecule has 1 aliphatic heterocycles. The summed E-state index contributed by atoms with van der Waals surface area (Å²) in [4.78, 5) is 21.4. The van der Waals surface area contributed by atoms with E-state index in [-0.39, 0.29) is 11.7 Å². The zero-order valence-electron chi connectivity index (χ0n) is 17.9. The molecule has 0 spiro atoms. The topological polar surface area (TPSA) is 82.5 Å². The van der Waals surface area contributed by atoms with Crippen LogP contribution in [0.2, 0.25) is 0 Å². The lowest BCUT2D eigenvalue weighted by Crippen LogP contribution is -2.27. The minimum absolute atomic E-state index is 0.183. The molecule has 1 fully saturated rings. The number of carbonyl (C=O) groups is 1. The molecule has 0 atom stereocenters. The van der Waals surface area contributed by atoms with Crippen LogP contribution < -0.4 is 10.6 Å². The lowest BCUT2D eigenvalue weighted by molar-refractivity contribution is -0.117. The van der Waals surface area contributed by atoms with Crippen LogP contribution in [0, 0.1) is 5.82 Å². The summed E-state index contributed by atoms with van der Waals surface area (Å²) in [5.41, 5.74) is 3.25. The number of hydrogen-bond acceptors (Lipinski definition) is 6. The second kappa shape index (κ2) is 9.55. The van der Waals surface area contributed by atoms with Crippen molar-refractivity contribution in [2.45, 2.75) is 32.2 Å². The first-order valence-electron chi connectivity index (χ1n) is 10.6. The van der Waals surface area contributed by atoms with E-state index in [1.807, 2.05) is 6.92 Å². The van der Waals surface area contributed by atoms with E-state index in [1.165, 1.54) is 17.1 Å². The molecular formula is C24H25FN6O. The van der Waals surface area contributed by atoms with Gasteiger partial charge in [-0.15, -0.1) is 0 Å². The van der Waals surface area contributed by atoms with Crippen LogP contribution >= 0.6 is 0 Å². The molecule has 7 nitrogen and oxygen atoms in total. The average molecular weight is 433 g/mol. The Bertz CT molecular complexity index is 1100. The summed E-state index contributed by atoms with van der Waals surface area (Å²) in [5, 5.41) is 11.8. The summed E-state index contributed by atoms with van der Waals surface area (Å²) in [5.74, 6) is 0.0277. The highest BCUT2D eigenvalue weighted by molar-refractivity contribution is 5.97. The predicted octanol–water partition coefficient (Wildman–Crippen LogP) is 3.85. The van der Waals surface area contributed by atoms with Crippen molar-refractivity contribution in [1.29, 1.82) is 0 Å². The molecular weight excluding hydrogens is 407 g/mol. The number of anilines is 1. The molecule has 1 aromatic carbocycles. The number of nitrogens with one attached hydrogen (secondary N) is 2. The number of hydrazone groups is 1. The maximum absolute atomic E-state index is 13.6. The number of halogens is 1. The van der Waals surface area contributed by atoms with Crippen LogP contribution in [-0.4, -0.2) is 40.2 Å². The molecule has 0 radical (unpaired) electrons.